The summed E-state index contributed by atoms with van der Waals surface area (Å²) < 4.78 is 0. The van der Waals surface area contributed by atoms with E-state index in [1.807, 2.05) is 67.0 Å². The van der Waals surface area contributed by atoms with E-state index in [0.717, 1.165) is 67.0 Å². The van der Waals surface area contributed by atoms with E-state index in [1.165, 1.54) is 0 Å². The summed E-state index contributed by atoms with van der Waals surface area (Å²) in [6.07, 6.45) is 3.79. The van der Waals surface area contributed by atoms with Crippen LogP contribution in [0.2, 0.25) is 0 Å². The van der Waals surface area contributed by atoms with Gasteiger partial charge in [0.1, 0.15) is 0 Å². The Morgan fingerprint density at radius 2 is 0.688 bits per heavy atom. The molecule has 0 saturated carbocycles. The molecule has 2 aromatic heterocycles. The molecule has 6 aromatic carbocycles. The molecule has 0 atom stereocenters. The van der Waals surface area contributed by atoms with Crippen molar-refractivity contribution in [3.05, 3.63) is 182 Å². The zero-order chi connectivity index (χ0) is 32.1. The predicted octanol–water partition coefficient (Wildman–Crippen LogP) is 10.9. The maximum atomic E-state index is 5.18. The van der Waals surface area contributed by atoms with Crippen LogP contribution >= 0.6 is 0 Å². The van der Waals surface area contributed by atoms with Crippen LogP contribution in [0.5, 0.6) is 0 Å². The third-order valence-corrected chi connectivity index (χ3v) is 8.44. The van der Waals surface area contributed by atoms with E-state index in [9.17, 15) is 0 Å². The normalized spacial score (nSPS) is 10.9. The van der Waals surface area contributed by atoms with Gasteiger partial charge in [-0.25, -0.2) is 19.9 Å². The molecular formula is C44H30N4. The Labute approximate surface area is 280 Å². The average molecular weight is 615 g/mol. The average Bonchev–Trinajstić information content (AvgIpc) is 3.19. The predicted molar refractivity (Wildman–Crippen MR) is 196 cm³/mol. The van der Waals surface area contributed by atoms with Crippen molar-refractivity contribution in [3.63, 3.8) is 0 Å². The van der Waals surface area contributed by atoms with Crippen molar-refractivity contribution in [3.8, 4) is 78.7 Å². The van der Waals surface area contributed by atoms with Crippen molar-refractivity contribution in [1.82, 2.24) is 19.9 Å². The molecule has 0 unspecified atom stereocenters. The molecular weight excluding hydrogens is 585 g/mol. The smallest absolute Gasteiger partial charge is 0.160 e. The van der Waals surface area contributed by atoms with Gasteiger partial charge in [-0.1, -0.05) is 158 Å². The summed E-state index contributed by atoms with van der Waals surface area (Å²) >= 11 is 0. The molecule has 8 aromatic rings. The first kappa shape index (κ1) is 28.9. The molecule has 0 radical (unpaired) electrons. The van der Waals surface area contributed by atoms with Crippen molar-refractivity contribution >= 4 is 0 Å². The lowest BCUT2D eigenvalue weighted by molar-refractivity contribution is 1.18. The summed E-state index contributed by atoms with van der Waals surface area (Å²) in [5, 5.41) is 0. The standard InChI is InChI=1S/C44H30N4/c1-4-15-31(16-5-1)37-23-10-12-25-39(37)41-28-42(48-44(47-41)33-19-8-3-9-20-33)40-26-13-11-24-38(40)35-22-14-21-34(27-35)36-29-45-43(46-30-36)32-17-6-2-7-18-32/h1-30H. The van der Waals surface area contributed by atoms with Crippen LogP contribution in [0.15, 0.2) is 182 Å². The van der Waals surface area contributed by atoms with Crippen molar-refractivity contribution in [2.75, 3.05) is 0 Å². The third kappa shape index (κ3) is 5.91. The highest BCUT2D eigenvalue weighted by atomic mass is 14.9. The zero-order valence-electron chi connectivity index (χ0n) is 26.1. The monoisotopic (exact) mass is 614 g/mol. The molecule has 4 nitrogen and oxygen atoms in total. The van der Waals surface area contributed by atoms with E-state index >= 15 is 0 Å². The molecule has 2 heterocycles. The quantitative estimate of drug-likeness (QED) is 0.179. The summed E-state index contributed by atoms with van der Waals surface area (Å²) in [5.41, 5.74) is 12.2. The Morgan fingerprint density at radius 3 is 1.25 bits per heavy atom. The molecule has 8 rings (SSSR count). The maximum Gasteiger partial charge on any atom is 0.160 e. The highest BCUT2D eigenvalue weighted by Crippen LogP contribution is 2.38. The first-order valence-corrected chi connectivity index (χ1v) is 16.0. The molecule has 0 aliphatic heterocycles. The summed E-state index contributed by atoms with van der Waals surface area (Å²) in [7, 11) is 0. The third-order valence-electron chi connectivity index (χ3n) is 8.44. The number of hydrogen-bond acceptors (Lipinski definition) is 4. The van der Waals surface area contributed by atoms with Gasteiger partial charge in [0, 0.05) is 40.2 Å². The molecule has 0 amide bonds. The lowest BCUT2D eigenvalue weighted by atomic mass is 9.93. The molecule has 0 fully saturated rings. The summed E-state index contributed by atoms with van der Waals surface area (Å²) in [5.74, 6) is 1.40. The Bertz CT molecular complexity index is 2320. The number of aromatic nitrogens is 4. The summed E-state index contributed by atoms with van der Waals surface area (Å²) in [4.78, 5) is 19.7. The minimum Gasteiger partial charge on any atom is -0.236 e. The van der Waals surface area contributed by atoms with Crippen molar-refractivity contribution in [1.29, 1.82) is 0 Å². The van der Waals surface area contributed by atoms with Crippen molar-refractivity contribution in [2.45, 2.75) is 0 Å². The van der Waals surface area contributed by atoms with Crippen LogP contribution in [0, 0.1) is 0 Å². The van der Waals surface area contributed by atoms with Gasteiger partial charge in [-0.2, -0.15) is 0 Å². The van der Waals surface area contributed by atoms with Crippen LogP contribution < -0.4 is 0 Å². The Balaban J connectivity index is 1.24. The van der Waals surface area contributed by atoms with Crippen molar-refractivity contribution < 1.29 is 0 Å². The number of hydrogen-bond donors (Lipinski definition) is 0. The van der Waals surface area contributed by atoms with Gasteiger partial charge in [-0.15, -0.1) is 0 Å². The van der Waals surface area contributed by atoms with E-state index in [1.54, 1.807) is 0 Å². The van der Waals surface area contributed by atoms with Crippen LogP contribution in [-0.4, -0.2) is 19.9 Å². The highest BCUT2D eigenvalue weighted by Gasteiger charge is 2.16. The Hall–Kier alpha value is -6.52. The molecule has 226 valence electrons. The van der Waals surface area contributed by atoms with Crippen LogP contribution in [0.4, 0.5) is 0 Å². The highest BCUT2D eigenvalue weighted by molar-refractivity contribution is 5.88. The van der Waals surface area contributed by atoms with Crippen LogP contribution in [0.1, 0.15) is 0 Å². The lowest BCUT2D eigenvalue weighted by Crippen LogP contribution is -1.98. The molecule has 0 N–H and O–H groups in total. The summed E-state index contributed by atoms with van der Waals surface area (Å²) in [6.45, 7) is 0. The van der Waals surface area contributed by atoms with E-state index in [2.05, 4.69) is 125 Å². The van der Waals surface area contributed by atoms with Crippen LogP contribution in [0.3, 0.4) is 0 Å². The Morgan fingerprint density at radius 1 is 0.271 bits per heavy atom. The number of nitrogens with zero attached hydrogens (tertiary/aromatic N) is 4. The second kappa shape index (κ2) is 13.1. The number of benzene rings is 6. The van der Waals surface area contributed by atoms with E-state index in [0.29, 0.717) is 11.6 Å². The van der Waals surface area contributed by atoms with Crippen LogP contribution in [0.25, 0.3) is 78.7 Å². The second-order valence-corrected chi connectivity index (χ2v) is 11.5. The fraction of sp³-hybridized carbons (Fsp3) is 0. The first-order chi connectivity index (χ1) is 23.8. The fourth-order valence-corrected chi connectivity index (χ4v) is 6.05. The van der Waals surface area contributed by atoms with Gasteiger partial charge in [0.2, 0.25) is 0 Å². The SMILES string of the molecule is c1ccc(-c2ncc(-c3cccc(-c4ccccc4-c4cc(-c5ccccc5-c5ccccc5)nc(-c5ccccc5)n4)c3)cn2)cc1. The molecule has 0 aliphatic rings. The van der Waals surface area contributed by atoms with Gasteiger partial charge in [0.15, 0.2) is 11.6 Å². The van der Waals surface area contributed by atoms with Gasteiger partial charge in [-0.3, -0.25) is 0 Å². The molecule has 0 saturated heterocycles. The molecule has 48 heavy (non-hydrogen) atoms. The molecule has 0 spiro atoms. The Kier molecular flexibility index (Phi) is 7.87. The zero-order valence-corrected chi connectivity index (χ0v) is 26.1. The fourth-order valence-electron chi connectivity index (χ4n) is 6.05. The number of rotatable bonds is 7. The first-order valence-electron chi connectivity index (χ1n) is 16.0. The van der Waals surface area contributed by atoms with Gasteiger partial charge in [0.05, 0.1) is 11.4 Å². The van der Waals surface area contributed by atoms with Gasteiger partial charge in [-0.05, 0) is 39.9 Å². The molecule has 0 bridgehead atoms. The lowest BCUT2D eigenvalue weighted by Gasteiger charge is -2.15. The molecule has 4 heteroatoms. The van der Waals surface area contributed by atoms with E-state index in [-0.39, 0.29) is 0 Å². The maximum absolute atomic E-state index is 5.18. The minimum absolute atomic E-state index is 0.685. The summed E-state index contributed by atoms with van der Waals surface area (Å²) in [6, 6.07) is 58.2. The largest absolute Gasteiger partial charge is 0.236 e. The van der Waals surface area contributed by atoms with Gasteiger partial charge >= 0.3 is 0 Å². The van der Waals surface area contributed by atoms with Crippen molar-refractivity contribution in [2.24, 2.45) is 0 Å². The van der Waals surface area contributed by atoms with Gasteiger partial charge in [0.25, 0.3) is 0 Å². The van der Waals surface area contributed by atoms with Crippen LogP contribution in [-0.2, 0) is 0 Å². The van der Waals surface area contributed by atoms with Gasteiger partial charge < -0.3 is 0 Å². The minimum atomic E-state index is 0.685. The van der Waals surface area contributed by atoms with E-state index < -0.39 is 0 Å². The second-order valence-electron chi connectivity index (χ2n) is 11.5. The van der Waals surface area contributed by atoms with E-state index in [4.69, 9.17) is 9.97 Å². The topological polar surface area (TPSA) is 51.6 Å². The molecule has 0 aliphatic carbocycles.